The van der Waals surface area contributed by atoms with Gasteiger partial charge in [-0.05, 0) is 43.7 Å². The summed E-state index contributed by atoms with van der Waals surface area (Å²) in [5, 5.41) is 3.56. The highest BCUT2D eigenvalue weighted by Crippen LogP contribution is 2.24. The fraction of sp³-hybridized carbons (Fsp3) is 0.615. The molecule has 1 aromatic heterocycles. The summed E-state index contributed by atoms with van der Waals surface area (Å²) in [6, 6.07) is 5.09. The van der Waals surface area contributed by atoms with Gasteiger partial charge < -0.3 is 5.32 Å². The van der Waals surface area contributed by atoms with Gasteiger partial charge in [-0.15, -0.1) is 0 Å². The van der Waals surface area contributed by atoms with Crippen LogP contribution in [0.1, 0.15) is 43.4 Å². The van der Waals surface area contributed by atoms with E-state index in [1.807, 2.05) is 0 Å². The van der Waals surface area contributed by atoms with E-state index in [1.165, 1.54) is 56.2 Å². The summed E-state index contributed by atoms with van der Waals surface area (Å²) in [6.07, 6.45) is 9.08. The molecule has 15 heavy (non-hydrogen) atoms. The van der Waals surface area contributed by atoms with E-state index in [4.69, 9.17) is 4.98 Å². The van der Waals surface area contributed by atoms with Crippen LogP contribution in [0.25, 0.3) is 0 Å². The molecule has 0 aromatic carbocycles. The van der Waals surface area contributed by atoms with Gasteiger partial charge in [-0.25, -0.2) is 4.98 Å². The quantitative estimate of drug-likeness (QED) is 0.797. The molecular formula is C13H18N2. The van der Waals surface area contributed by atoms with Gasteiger partial charge in [0.1, 0.15) is 5.82 Å². The van der Waals surface area contributed by atoms with Crippen molar-refractivity contribution in [3.05, 3.63) is 23.4 Å². The van der Waals surface area contributed by atoms with E-state index in [1.54, 1.807) is 0 Å². The summed E-state index contributed by atoms with van der Waals surface area (Å²) >= 11 is 0. The van der Waals surface area contributed by atoms with Crippen LogP contribution in [0.3, 0.4) is 0 Å². The van der Waals surface area contributed by atoms with Gasteiger partial charge >= 0.3 is 0 Å². The molecule has 1 heterocycles. The van der Waals surface area contributed by atoms with Crippen molar-refractivity contribution in [2.24, 2.45) is 0 Å². The molecule has 2 aliphatic carbocycles. The Bertz CT molecular complexity index is 354. The first-order chi connectivity index (χ1) is 7.42. The van der Waals surface area contributed by atoms with Crippen molar-refractivity contribution in [2.45, 2.75) is 51.0 Å². The monoisotopic (exact) mass is 202 g/mol. The molecule has 0 atom stereocenters. The second kappa shape index (κ2) is 3.84. The number of hydrogen-bond donors (Lipinski definition) is 1. The molecular weight excluding hydrogens is 184 g/mol. The number of rotatable bonds is 2. The molecule has 3 rings (SSSR count). The fourth-order valence-corrected chi connectivity index (χ4v) is 2.78. The molecule has 2 heteroatoms. The molecule has 0 saturated heterocycles. The van der Waals surface area contributed by atoms with E-state index in [0.29, 0.717) is 6.04 Å². The van der Waals surface area contributed by atoms with E-state index in [2.05, 4.69) is 17.4 Å². The van der Waals surface area contributed by atoms with Crippen LogP contribution >= 0.6 is 0 Å². The van der Waals surface area contributed by atoms with Gasteiger partial charge in [0.05, 0.1) is 0 Å². The Kier molecular flexibility index (Phi) is 2.35. The summed E-state index contributed by atoms with van der Waals surface area (Å²) in [7, 11) is 0. The lowest BCUT2D eigenvalue weighted by atomic mass is 10.2. The van der Waals surface area contributed by atoms with Crippen molar-refractivity contribution in [1.82, 2.24) is 4.98 Å². The predicted molar refractivity (Wildman–Crippen MR) is 62.1 cm³/mol. The van der Waals surface area contributed by atoms with Crippen LogP contribution in [-0.4, -0.2) is 11.0 Å². The lowest BCUT2D eigenvalue weighted by Crippen LogP contribution is -2.15. The van der Waals surface area contributed by atoms with Crippen molar-refractivity contribution in [1.29, 1.82) is 0 Å². The highest BCUT2D eigenvalue weighted by Gasteiger charge is 2.17. The van der Waals surface area contributed by atoms with E-state index >= 15 is 0 Å². The van der Waals surface area contributed by atoms with Gasteiger partial charge in [0.2, 0.25) is 0 Å². The maximum absolute atomic E-state index is 4.71. The van der Waals surface area contributed by atoms with Crippen molar-refractivity contribution in [2.75, 3.05) is 5.32 Å². The third-order valence-corrected chi connectivity index (χ3v) is 3.64. The van der Waals surface area contributed by atoms with Gasteiger partial charge in [0.15, 0.2) is 0 Å². The highest BCUT2D eigenvalue weighted by atomic mass is 15.0. The standard InChI is InChI=1S/C13H18N2/c1-2-6-11(5-1)14-13-9-8-10-4-3-7-12(10)15-13/h8-9,11H,1-7H2,(H,14,15). The van der Waals surface area contributed by atoms with Crippen molar-refractivity contribution in [3.63, 3.8) is 0 Å². The fourth-order valence-electron chi connectivity index (χ4n) is 2.78. The minimum absolute atomic E-state index is 0.678. The molecule has 0 spiro atoms. The molecule has 2 nitrogen and oxygen atoms in total. The number of pyridine rings is 1. The Morgan fingerprint density at radius 2 is 1.93 bits per heavy atom. The highest BCUT2D eigenvalue weighted by molar-refractivity contribution is 5.41. The first-order valence-electron chi connectivity index (χ1n) is 6.17. The maximum atomic E-state index is 4.71. The van der Waals surface area contributed by atoms with Crippen LogP contribution in [0.4, 0.5) is 5.82 Å². The van der Waals surface area contributed by atoms with Crippen LogP contribution in [0.5, 0.6) is 0 Å². The zero-order chi connectivity index (χ0) is 10.1. The first-order valence-corrected chi connectivity index (χ1v) is 6.17. The third kappa shape index (κ3) is 1.85. The molecule has 1 fully saturated rings. The second-order valence-corrected chi connectivity index (χ2v) is 4.78. The minimum Gasteiger partial charge on any atom is -0.367 e. The maximum Gasteiger partial charge on any atom is 0.126 e. The average molecular weight is 202 g/mol. The molecule has 0 aliphatic heterocycles. The van der Waals surface area contributed by atoms with Gasteiger partial charge in [0.25, 0.3) is 0 Å². The molecule has 1 aromatic rings. The van der Waals surface area contributed by atoms with E-state index in [9.17, 15) is 0 Å². The van der Waals surface area contributed by atoms with Crippen LogP contribution in [0.2, 0.25) is 0 Å². The molecule has 1 saturated carbocycles. The largest absolute Gasteiger partial charge is 0.367 e. The Morgan fingerprint density at radius 3 is 2.80 bits per heavy atom. The Balaban J connectivity index is 1.75. The number of anilines is 1. The summed E-state index contributed by atoms with van der Waals surface area (Å²) < 4.78 is 0. The minimum atomic E-state index is 0.678. The van der Waals surface area contributed by atoms with Gasteiger partial charge in [0, 0.05) is 11.7 Å². The molecule has 2 aliphatic rings. The molecule has 1 N–H and O–H groups in total. The van der Waals surface area contributed by atoms with Gasteiger partial charge in [-0.3, -0.25) is 0 Å². The third-order valence-electron chi connectivity index (χ3n) is 3.64. The van der Waals surface area contributed by atoms with E-state index < -0.39 is 0 Å². The van der Waals surface area contributed by atoms with Crippen molar-refractivity contribution in [3.8, 4) is 0 Å². The Morgan fingerprint density at radius 1 is 1.07 bits per heavy atom. The number of nitrogens with zero attached hydrogens (tertiary/aromatic N) is 1. The molecule has 0 bridgehead atoms. The first kappa shape index (κ1) is 9.20. The molecule has 0 unspecified atom stereocenters. The average Bonchev–Trinajstić information content (AvgIpc) is 2.87. The molecule has 80 valence electrons. The summed E-state index contributed by atoms with van der Waals surface area (Å²) in [5.41, 5.74) is 2.80. The number of nitrogens with one attached hydrogen (secondary N) is 1. The van der Waals surface area contributed by atoms with E-state index in [0.717, 1.165) is 5.82 Å². The predicted octanol–water partition coefficient (Wildman–Crippen LogP) is 2.92. The summed E-state index contributed by atoms with van der Waals surface area (Å²) in [4.78, 5) is 4.71. The number of fused-ring (bicyclic) bond motifs is 1. The molecule has 0 radical (unpaired) electrons. The second-order valence-electron chi connectivity index (χ2n) is 4.78. The van der Waals surface area contributed by atoms with Gasteiger partial charge in [-0.1, -0.05) is 18.9 Å². The van der Waals surface area contributed by atoms with Crippen LogP contribution < -0.4 is 5.32 Å². The summed E-state index contributed by atoms with van der Waals surface area (Å²) in [5.74, 6) is 1.10. The lowest BCUT2D eigenvalue weighted by molar-refractivity contribution is 0.749. The Hall–Kier alpha value is -1.05. The molecule has 0 amide bonds. The SMILES string of the molecule is c1cc2c(nc1NC1CCCC1)CCC2. The summed E-state index contributed by atoms with van der Waals surface area (Å²) in [6.45, 7) is 0. The van der Waals surface area contributed by atoms with E-state index in [-0.39, 0.29) is 0 Å². The number of aromatic nitrogens is 1. The number of hydrogen-bond acceptors (Lipinski definition) is 2. The number of aryl methyl sites for hydroxylation is 2. The van der Waals surface area contributed by atoms with Gasteiger partial charge in [-0.2, -0.15) is 0 Å². The Labute approximate surface area is 91.1 Å². The zero-order valence-corrected chi connectivity index (χ0v) is 9.13. The topological polar surface area (TPSA) is 24.9 Å². The van der Waals surface area contributed by atoms with Crippen molar-refractivity contribution >= 4 is 5.82 Å². The normalized spacial score (nSPS) is 20.5. The van der Waals surface area contributed by atoms with Crippen molar-refractivity contribution < 1.29 is 0 Å². The van der Waals surface area contributed by atoms with Crippen LogP contribution in [0.15, 0.2) is 12.1 Å². The lowest BCUT2D eigenvalue weighted by Gasteiger charge is -2.13. The smallest absolute Gasteiger partial charge is 0.126 e. The zero-order valence-electron chi connectivity index (χ0n) is 9.13. The van der Waals surface area contributed by atoms with Crippen LogP contribution in [0, 0.1) is 0 Å². The van der Waals surface area contributed by atoms with Crippen LogP contribution in [-0.2, 0) is 12.8 Å².